The fraction of sp³-hybridized carbons (Fsp3) is 1.00. The van der Waals surface area contributed by atoms with Gasteiger partial charge in [0.1, 0.15) is 0 Å². The Hall–Kier alpha value is -0.160. The standard InChI is InChI=1S/C15H30N2O2/c1-5-11-6-7-12(16-2)13(8-11)17-9-14(18-3)15(10-17)19-4/h11-16H,5-10H2,1-4H3. The molecule has 2 fully saturated rings. The summed E-state index contributed by atoms with van der Waals surface area (Å²) in [4.78, 5) is 2.59. The van der Waals surface area contributed by atoms with E-state index in [9.17, 15) is 0 Å². The Morgan fingerprint density at radius 2 is 1.74 bits per heavy atom. The molecule has 4 heteroatoms. The Morgan fingerprint density at radius 3 is 2.21 bits per heavy atom. The fourth-order valence-electron chi connectivity index (χ4n) is 3.84. The van der Waals surface area contributed by atoms with E-state index >= 15 is 0 Å². The van der Waals surface area contributed by atoms with E-state index in [0.717, 1.165) is 19.0 Å². The van der Waals surface area contributed by atoms with Gasteiger partial charge in [0, 0.05) is 39.4 Å². The zero-order valence-corrected chi connectivity index (χ0v) is 12.9. The average molecular weight is 270 g/mol. The Labute approximate surface area is 117 Å². The van der Waals surface area contributed by atoms with Crippen LogP contribution in [0.2, 0.25) is 0 Å². The van der Waals surface area contributed by atoms with E-state index in [1.807, 2.05) is 0 Å². The van der Waals surface area contributed by atoms with Crippen LogP contribution in [-0.2, 0) is 9.47 Å². The molecule has 0 aromatic rings. The molecule has 5 atom stereocenters. The summed E-state index contributed by atoms with van der Waals surface area (Å²) < 4.78 is 11.1. The number of likely N-dealkylation sites (N-methyl/N-ethyl adjacent to an activating group) is 1. The summed E-state index contributed by atoms with van der Waals surface area (Å²) >= 11 is 0. The molecule has 1 saturated carbocycles. The van der Waals surface area contributed by atoms with Crippen LogP contribution in [0.5, 0.6) is 0 Å². The van der Waals surface area contributed by atoms with E-state index in [4.69, 9.17) is 9.47 Å². The SMILES string of the molecule is CCC1CCC(NC)C(N2CC(OC)C(OC)C2)C1. The highest BCUT2D eigenvalue weighted by molar-refractivity contribution is 4.96. The lowest BCUT2D eigenvalue weighted by Gasteiger charge is -2.41. The minimum Gasteiger partial charge on any atom is -0.377 e. The van der Waals surface area contributed by atoms with Crippen molar-refractivity contribution in [2.75, 3.05) is 34.4 Å². The molecule has 1 aliphatic carbocycles. The molecule has 2 rings (SSSR count). The number of rotatable bonds is 5. The largest absolute Gasteiger partial charge is 0.377 e. The topological polar surface area (TPSA) is 33.7 Å². The van der Waals surface area contributed by atoms with Crippen molar-refractivity contribution in [3.63, 3.8) is 0 Å². The first-order chi connectivity index (χ1) is 9.23. The van der Waals surface area contributed by atoms with E-state index in [2.05, 4.69) is 24.2 Å². The molecule has 0 amide bonds. The summed E-state index contributed by atoms with van der Waals surface area (Å²) in [7, 11) is 5.69. The minimum absolute atomic E-state index is 0.226. The van der Waals surface area contributed by atoms with Crippen molar-refractivity contribution in [3.8, 4) is 0 Å². The number of nitrogens with one attached hydrogen (secondary N) is 1. The van der Waals surface area contributed by atoms with Crippen molar-refractivity contribution >= 4 is 0 Å². The van der Waals surface area contributed by atoms with Crippen molar-refractivity contribution in [1.82, 2.24) is 10.2 Å². The van der Waals surface area contributed by atoms with Crippen LogP contribution >= 0.6 is 0 Å². The molecule has 19 heavy (non-hydrogen) atoms. The molecule has 0 spiro atoms. The van der Waals surface area contributed by atoms with Gasteiger partial charge in [0.15, 0.2) is 0 Å². The molecule has 2 aliphatic rings. The molecule has 0 bridgehead atoms. The summed E-state index contributed by atoms with van der Waals surface area (Å²) in [6.45, 7) is 4.34. The first-order valence-corrected chi connectivity index (χ1v) is 7.70. The Morgan fingerprint density at radius 1 is 1.11 bits per heavy atom. The molecule has 1 aliphatic heterocycles. The molecule has 112 valence electrons. The first-order valence-electron chi connectivity index (χ1n) is 7.70. The number of nitrogens with zero attached hydrogens (tertiary/aromatic N) is 1. The Kier molecular flexibility index (Phi) is 5.63. The van der Waals surface area contributed by atoms with Crippen LogP contribution in [0.15, 0.2) is 0 Å². The predicted molar refractivity (Wildman–Crippen MR) is 77.4 cm³/mol. The van der Waals surface area contributed by atoms with E-state index in [0.29, 0.717) is 12.1 Å². The highest BCUT2D eigenvalue weighted by atomic mass is 16.5. The number of ether oxygens (including phenoxy) is 2. The molecular weight excluding hydrogens is 240 g/mol. The molecule has 1 N–H and O–H groups in total. The second-order valence-electron chi connectivity index (χ2n) is 6.05. The molecule has 1 heterocycles. The molecular formula is C15H30N2O2. The second kappa shape index (κ2) is 7.02. The second-order valence-corrected chi connectivity index (χ2v) is 6.05. The molecule has 0 aromatic carbocycles. The van der Waals surface area contributed by atoms with Crippen molar-refractivity contribution in [1.29, 1.82) is 0 Å². The van der Waals surface area contributed by atoms with Gasteiger partial charge in [-0.05, 0) is 32.2 Å². The van der Waals surface area contributed by atoms with Gasteiger partial charge < -0.3 is 14.8 Å². The van der Waals surface area contributed by atoms with Crippen LogP contribution in [-0.4, -0.2) is 63.5 Å². The third-order valence-corrected chi connectivity index (χ3v) is 5.19. The van der Waals surface area contributed by atoms with Crippen LogP contribution in [0.1, 0.15) is 32.6 Å². The highest BCUT2D eigenvalue weighted by Crippen LogP contribution is 2.32. The van der Waals surface area contributed by atoms with Crippen LogP contribution in [0.3, 0.4) is 0 Å². The molecule has 0 aromatic heterocycles. The van der Waals surface area contributed by atoms with Crippen LogP contribution in [0, 0.1) is 5.92 Å². The van der Waals surface area contributed by atoms with Gasteiger partial charge in [-0.2, -0.15) is 0 Å². The number of likely N-dealkylation sites (tertiary alicyclic amines) is 1. The van der Waals surface area contributed by atoms with Crippen LogP contribution in [0.4, 0.5) is 0 Å². The van der Waals surface area contributed by atoms with Gasteiger partial charge in [0.25, 0.3) is 0 Å². The first kappa shape index (κ1) is 15.2. The third kappa shape index (κ3) is 3.30. The minimum atomic E-state index is 0.226. The molecule has 5 unspecified atom stereocenters. The lowest BCUT2D eigenvalue weighted by atomic mass is 9.80. The van der Waals surface area contributed by atoms with Gasteiger partial charge in [-0.25, -0.2) is 0 Å². The van der Waals surface area contributed by atoms with E-state index in [1.165, 1.54) is 25.7 Å². The lowest BCUT2D eigenvalue weighted by Crippen LogP contribution is -2.52. The summed E-state index contributed by atoms with van der Waals surface area (Å²) in [5.41, 5.74) is 0. The van der Waals surface area contributed by atoms with Crippen molar-refractivity contribution in [2.45, 2.75) is 56.9 Å². The maximum absolute atomic E-state index is 5.57. The highest BCUT2D eigenvalue weighted by Gasteiger charge is 2.40. The zero-order chi connectivity index (χ0) is 13.8. The molecule has 0 radical (unpaired) electrons. The monoisotopic (exact) mass is 270 g/mol. The van der Waals surface area contributed by atoms with E-state index in [1.54, 1.807) is 14.2 Å². The third-order valence-electron chi connectivity index (χ3n) is 5.19. The summed E-state index contributed by atoms with van der Waals surface area (Å²) in [6.07, 6.45) is 5.74. The summed E-state index contributed by atoms with van der Waals surface area (Å²) in [5.74, 6) is 0.886. The van der Waals surface area contributed by atoms with Gasteiger partial charge in [-0.15, -0.1) is 0 Å². The van der Waals surface area contributed by atoms with Gasteiger partial charge in [-0.3, -0.25) is 4.90 Å². The number of hydrogen-bond acceptors (Lipinski definition) is 4. The van der Waals surface area contributed by atoms with E-state index in [-0.39, 0.29) is 12.2 Å². The van der Waals surface area contributed by atoms with Gasteiger partial charge in [0.2, 0.25) is 0 Å². The fourth-order valence-corrected chi connectivity index (χ4v) is 3.84. The van der Waals surface area contributed by atoms with Gasteiger partial charge >= 0.3 is 0 Å². The number of hydrogen-bond donors (Lipinski definition) is 1. The summed E-state index contributed by atoms with van der Waals surface area (Å²) in [5, 5.41) is 3.52. The maximum atomic E-state index is 5.57. The Bertz CT molecular complexity index is 263. The van der Waals surface area contributed by atoms with Crippen molar-refractivity contribution < 1.29 is 9.47 Å². The smallest absolute Gasteiger partial charge is 0.0971 e. The summed E-state index contributed by atoms with van der Waals surface area (Å²) in [6, 6.07) is 1.26. The predicted octanol–water partition coefficient (Wildman–Crippen LogP) is 1.50. The number of methoxy groups -OCH3 is 2. The van der Waals surface area contributed by atoms with E-state index < -0.39 is 0 Å². The van der Waals surface area contributed by atoms with Crippen molar-refractivity contribution in [3.05, 3.63) is 0 Å². The molecule has 4 nitrogen and oxygen atoms in total. The van der Waals surface area contributed by atoms with Crippen LogP contribution in [0.25, 0.3) is 0 Å². The lowest BCUT2D eigenvalue weighted by molar-refractivity contribution is -0.00461. The Balaban J connectivity index is 2.01. The van der Waals surface area contributed by atoms with Crippen LogP contribution < -0.4 is 5.32 Å². The quantitative estimate of drug-likeness (QED) is 0.821. The van der Waals surface area contributed by atoms with Crippen molar-refractivity contribution in [2.24, 2.45) is 5.92 Å². The maximum Gasteiger partial charge on any atom is 0.0971 e. The van der Waals surface area contributed by atoms with Gasteiger partial charge in [0.05, 0.1) is 12.2 Å². The zero-order valence-electron chi connectivity index (χ0n) is 12.9. The molecule has 1 saturated heterocycles. The van der Waals surface area contributed by atoms with Gasteiger partial charge in [-0.1, -0.05) is 13.3 Å². The normalized spacial score (nSPS) is 40.7. The average Bonchev–Trinajstić information content (AvgIpc) is 2.89.